The summed E-state index contributed by atoms with van der Waals surface area (Å²) >= 11 is 0. The lowest BCUT2D eigenvalue weighted by molar-refractivity contribution is 0.166. The Kier molecular flexibility index (Phi) is 40.7. The van der Waals surface area contributed by atoms with Gasteiger partial charge in [-0.2, -0.15) is 0 Å². The number of rotatable bonds is 25. The molecule has 0 aromatic heterocycles. The molecule has 502 valence electrons. The normalized spacial score (nSPS) is 34.5. The van der Waals surface area contributed by atoms with E-state index in [1.807, 2.05) is 0 Å². The molecular formula is C85H162. The summed E-state index contributed by atoms with van der Waals surface area (Å²) in [6, 6.07) is 0. The molecule has 0 N–H and O–H groups in total. The first-order valence-electron chi connectivity index (χ1n) is 39.1. The van der Waals surface area contributed by atoms with Crippen molar-refractivity contribution in [1.29, 1.82) is 0 Å². The summed E-state index contributed by atoms with van der Waals surface area (Å²) in [6.45, 7) is 18.0. The van der Waals surface area contributed by atoms with E-state index < -0.39 is 0 Å². The standard InChI is InChI=1S/C24H42.C22H38.C20H34.C19H32.8H2/c1-3-5-7-9-11-21-13-17-23(18-14-21)24-19-15-22(16-20-24)12-10-8-6-4-2;1-3-5-7-9-19-11-15-21(16-12-19)22-17-13-20(14-18-22)10-8-6-4-2;1-3-5-7-17-9-13-19(14-10-17)20-15-11-18(12-16-20)8-6-4-2;1-3-5-7-17-10-14-19(15-11-17)18-12-8-16(6-4-2)9-13-18;;;;;;;;/h9-12,21-24H,3-8,13-20H2,1-2H3;7-10,19-22H,3-6,11-18H2,1-2H3;5-8,17-20H,3-4,9-16H2,1-2H3;4-7,16-19H,3,8-15H2,1-2H3;8*1H/b11-9+,12-10+;9-7+,10-8+;7-5+,8-6+;6-4+,7-5+;;;;;;;;. The molecule has 0 aromatic carbocycles. The van der Waals surface area contributed by atoms with Crippen LogP contribution in [0.3, 0.4) is 0 Å². The van der Waals surface area contributed by atoms with Crippen LogP contribution < -0.4 is 0 Å². The first-order valence-corrected chi connectivity index (χ1v) is 39.1. The highest BCUT2D eigenvalue weighted by molar-refractivity contribution is 4.99. The summed E-state index contributed by atoms with van der Waals surface area (Å²) < 4.78 is 0. The predicted molar refractivity (Wildman–Crippen MR) is 399 cm³/mol. The van der Waals surface area contributed by atoms with Crippen LogP contribution in [-0.2, 0) is 0 Å². The van der Waals surface area contributed by atoms with Crippen molar-refractivity contribution in [3.63, 3.8) is 0 Å². The monoisotopic (exact) mass is 1180 g/mol. The van der Waals surface area contributed by atoms with E-state index in [-0.39, 0.29) is 11.4 Å². The molecule has 0 atom stereocenters. The molecule has 85 heavy (non-hydrogen) atoms. The SMILES string of the molecule is C/C=C/C1CCC(C2CCC(/C=C/CC)CC2)CC1.CC/C=C/C1CCC(C2CCC(/C=C/CC)CC2)CC1.CCC/C=C/C1CCC(C2CCC(/C=C/CCC)CC2)CC1.CCCC/C=C/C1CCC(C2CCC(/C=C/CCCC)CC2)CC1.[HH].[HH].[HH].[HH].[HH].[HH].[HH].[HH]. The Morgan fingerprint density at radius 2 is 0.388 bits per heavy atom. The first kappa shape index (κ1) is 73.7. The molecule has 0 bridgehead atoms. The third-order valence-corrected chi connectivity index (χ3v) is 23.6. The quantitative estimate of drug-likeness (QED) is 0.0631. The molecule has 0 heterocycles. The lowest BCUT2D eigenvalue weighted by Gasteiger charge is -2.37. The minimum atomic E-state index is 0. The number of hydrogen-bond donors (Lipinski definition) is 0. The number of allylic oxidation sites excluding steroid dienone is 16. The van der Waals surface area contributed by atoms with Gasteiger partial charge in [-0.3, -0.25) is 0 Å². The maximum Gasteiger partial charge on any atom is 0 e. The second-order valence-electron chi connectivity index (χ2n) is 30.0. The zero-order chi connectivity index (χ0) is 60.4. The van der Waals surface area contributed by atoms with Crippen molar-refractivity contribution in [3.05, 3.63) is 97.2 Å². The van der Waals surface area contributed by atoms with Gasteiger partial charge in [0.15, 0.2) is 0 Å². The molecule has 0 nitrogen and oxygen atoms in total. The van der Waals surface area contributed by atoms with E-state index in [9.17, 15) is 0 Å². The summed E-state index contributed by atoms with van der Waals surface area (Å²) in [5, 5.41) is 0. The Hall–Kier alpha value is -2.08. The molecule has 8 aliphatic carbocycles. The van der Waals surface area contributed by atoms with E-state index in [2.05, 4.69) is 153 Å². The van der Waals surface area contributed by atoms with Crippen LogP contribution in [0.15, 0.2) is 97.2 Å². The van der Waals surface area contributed by atoms with E-state index in [4.69, 9.17) is 0 Å². The van der Waals surface area contributed by atoms with Crippen LogP contribution in [-0.4, -0.2) is 0 Å². The third-order valence-electron chi connectivity index (χ3n) is 23.6. The van der Waals surface area contributed by atoms with Crippen molar-refractivity contribution < 1.29 is 11.4 Å². The van der Waals surface area contributed by atoms with Crippen molar-refractivity contribution in [2.24, 2.45) is 94.7 Å². The summed E-state index contributed by atoms with van der Waals surface area (Å²) in [7, 11) is 0. The van der Waals surface area contributed by atoms with E-state index in [1.54, 1.807) is 0 Å². The van der Waals surface area contributed by atoms with Crippen LogP contribution in [0.5, 0.6) is 0 Å². The number of hydrogen-bond acceptors (Lipinski definition) is 0. The van der Waals surface area contributed by atoms with Crippen LogP contribution in [0, 0.1) is 94.7 Å². The molecule has 0 amide bonds. The molecule has 0 unspecified atom stereocenters. The summed E-state index contributed by atoms with van der Waals surface area (Å²) in [6.07, 6.45) is 103. The zero-order valence-electron chi connectivity index (χ0n) is 58.3. The minimum Gasteiger partial charge on any atom is -0.0914 e. The second-order valence-corrected chi connectivity index (χ2v) is 30.0. The molecule has 0 aromatic rings. The Morgan fingerprint density at radius 1 is 0.212 bits per heavy atom. The van der Waals surface area contributed by atoms with Gasteiger partial charge in [-0.25, -0.2) is 0 Å². The maximum absolute atomic E-state index is 2.55. The second kappa shape index (κ2) is 46.9. The van der Waals surface area contributed by atoms with Gasteiger partial charge in [0.25, 0.3) is 0 Å². The van der Waals surface area contributed by atoms with E-state index in [0.29, 0.717) is 0 Å². The highest BCUT2D eigenvalue weighted by Gasteiger charge is 2.33. The molecule has 8 rings (SSSR count). The molecular weight excluding hydrogens is 1020 g/mol. The van der Waals surface area contributed by atoms with Crippen LogP contribution >= 0.6 is 0 Å². The topological polar surface area (TPSA) is 0 Å². The van der Waals surface area contributed by atoms with Gasteiger partial charge in [0.1, 0.15) is 0 Å². The Bertz CT molecular complexity index is 1720. The molecule has 0 saturated heterocycles. The van der Waals surface area contributed by atoms with Crippen molar-refractivity contribution in [3.8, 4) is 0 Å². The fraction of sp³-hybridized carbons (Fsp3) is 0.812. The molecule has 8 saturated carbocycles. The van der Waals surface area contributed by atoms with E-state index in [1.165, 1.54) is 289 Å². The van der Waals surface area contributed by atoms with Gasteiger partial charge in [-0.1, -0.05) is 184 Å². The average molecular weight is 1180 g/mol. The highest BCUT2D eigenvalue weighted by atomic mass is 14.4. The predicted octanol–water partition coefficient (Wildman–Crippen LogP) is 30.0. The Balaban J connectivity index is -0.000000554. The molecule has 0 radical (unpaired) electrons. The Labute approximate surface area is 545 Å². The van der Waals surface area contributed by atoms with Crippen LogP contribution in [0.25, 0.3) is 0 Å². The lowest BCUT2D eigenvalue weighted by Crippen LogP contribution is -2.25. The van der Waals surface area contributed by atoms with Crippen molar-refractivity contribution in [2.45, 2.75) is 344 Å². The first-order chi connectivity index (χ1) is 41.8. The van der Waals surface area contributed by atoms with Crippen LogP contribution in [0.4, 0.5) is 0 Å². The summed E-state index contributed by atoms with van der Waals surface area (Å²) in [4.78, 5) is 0. The van der Waals surface area contributed by atoms with Gasteiger partial charge in [-0.15, -0.1) is 0 Å². The van der Waals surface area contributed by atoms with E-state index >= 15 is 0 Å². The van der Waals surface area contributed by atoms with Crippen LogP contribution in [0.2, 0.25) is 0 Å². The highest BCUT2D eigenvalue weighted by Crippen LogP contribution is 2.46. The smallest absolute Gasteiger partial charge is 0 e. The fourth-order valence-electron chi connectivity index (χ4n) is 17.9. The van der Waals surface area contributed by atoms with Crippen molar-refractivity contribution >= 4 is 0 Å². The number of unbranched alkanes of at least 4 members (excludes halogenated alkanes) is 6. The zero-order valence-corrected chi connectivity index (χ0v) is 58.3. The lowest BCUT2D eigenvalue weighted by atomic mass is 9.69. The maximum atomic E-state index is 2.55. The summed E-state index contributed by atoms with van der Waals surface area (Å²) in [5.74, 6) is 15.6. The largest absolute Gasteiger partial charge is 0.0914 e. The van der Waals surface area contributed by atoms with Gasteiger partial charge >= 0.3 is 0 Å². The Morgan fingerprint density at radius 3 is 0.553 bits per heavy atom. The van der Waals surface area contributed by atoms with Gasteiger partial charge in [-0.05, 0) is 352 Å². The summed E-state index contributed by atoms with van der Waals surface area (Å²) in [5.41, 5.74) is 0. The van der Waals surface area contributed by atoms with Crippen molar-refractivity contribution in [2.75, 3.05) is 0 Å². The van der Waals surface area contributed by atoms with E-state index in [0.717, 1.165) is 94.7 Å². The van der Waals surface area contributed by atoms with Crippen molar-refractivity contribution in [1.82, 2.24) is 0 Å². The van der Waals surface area contributed by atoms with Gasteiger partial charge < -0.3 is 0 Å². The van der Waals surface area contributed by atoms with Gasteiger partial charge in [0.05, 0.1) is 0 Å². The third kappa shape index (κ3) is 30.5. The molecule has 8 fully saturated rings. The van der Waals surface area contributed by atoms with Crippen LogP contribution in [0.1, 0.15) is 356 Å². The molecule has 0 spiro atoms. The average Bonchev–Trinajstić information content (AvgIpc) is 2.00. The van der Waals surface area contributed by atoms with Gasteiger partial charge in [0, 0.05) is 11.4 Å². The van der Waals surface area contributed by atoms with Gasteiger partial charge in [0.2, 0.25) is 0 Å². The minimum absolute atomic E-state index is 0. The molecule has 0 aliphatic heterocycles. The molecule has 8 aliphatic rings. The fourth-order valence-corrected chi connectivity index (χ4v) is 17.9. The molecule has 0 heteroatoms.